The summed E-state index contributed by atoms with van der Waals surface area (Å²) in [7, 11) is 1.95. The van der Waals surface area contributed by atoms with Crippen molar-refractivity contribution in [1.29, 1.82) is 0 Å². The van der Waals surface area contributed by atoms with E-state index >= 15 is 0 Å². The lowest BCUT2D eigenvalue weighted by atomic mass is 10.2. The van der Waals surface area contributed by atoms with Gasteiger partial charge in [0.2, 0.25) is 5.91 Å². The van der Waals surface area contributed by atoms with Crippen molar-refractivity contribution >= 4 is 23.2 Å². The van der Waals surface area contributed by atoms with Crippen LogP contribution < -0.4 is 5.32 Å². The van der Waals surface area contributed by atoms with Crippen molar-refractivity contribution in [2.75, 3.05) is 26.7 Å². The molecule has 2 aromatic heterocycles. The molecule has 0 radical (unpaired) electrons. The predicted molar refractivity (Wildman–Crippen MR) is 107 cm³/mol. The lowest BCUT2D eigenvalue weighted by molar-refractivity contribution is -0.133. The molecule has 6 nitrogen and oxygen atoms in total. The highest BCUT2D eigenvalue weighted by Gasteiger charge is 2.31. The van der Waals surface area contributed by atoms with E-state index in [1.54, 1.807) is 6.20 Å². The summed E-state index contributed by atoms with van der Waals surface area (Å²) in [6, 6.07) is 7.86. The minimum atomic E-state index is -0.0409. The van der Waals surface area contributed by atoms with Crippen LogP contribution in [0, 0.1) is 0 Å². The Morgan fingerprint density at radius 3 is 2.96 bits per heavy atom. The molecular formula is C20H26N4O2S. The first kappa shape index (κ1) is 19.5. The van der Waals surface area contributed by atoms with E-state index in [1.807, 2.05) is 54.2 Å². The fourth-order valence-electron chi connectivity index (χ4n) is 3.44. The maximum absolute atomic E-state index is 12.9. The van der Waals surface area contributed by atoms with Crippen molar-refractivity contribution in [3.8, 4) is 0 Å². The number of pyridine rings is 1. The molecular weight excluding hydrogens is 360 g/mol. The Kier molecular flexibility index (Phi) is 6.58. The second-order valence-corrected chi connectivity index (χ2v) is 7.96. The van der Waals surface area contributed by atoms with Gasteiger partial charge in [-0.05, 0) is 50.6 Å². The highest BCUT2D eigenvalue weighted by atomic mass is 32.1. The van der Waals surface area contributed by atoms with Crippen molar-refractivity contribution < 1.29 is 9.59 Å². The summed E-state index contributed by atoms with van der Waals surface area (Å²) in [5.74, 6) is 0.0951. The van der Waals surface area contributed by atoms with Crippen LogP contribution in [-0.2, 0) is 11.3 Å². The number of hydrogen-bond donors (Lipinski definition) is 1. The van der Waals surface area contributed by atoms with E-state index in [9.17, 15) is 9.59 Å². The first-order valence-corrected chi connectivity index (χ1v) is 10.1. The van der Waals surface area contributed by atoms with Crippen LogP contribution in [0.4, 0.5) is 0 Å². The summed E-state index contributed by atoms with van der Waals surface area (Å²) in [5.41, 5.74) is 1.09. The van der Waals surface area contributed by atoms with Crippen LogP contribution in [0.25, 0.3) is 0 Å². The van der Waals surface area contributed by atoms with Crippen molar-refractivity contribution in [2.24, 2.45) is 0 Å². The van der Waals surface area contributed by atoms with E-state index in [0.717, 1.165) is 29.8 Å². The Morgan fingerprint density at radius 1 is 1.37 bits per heavy atom. The zero-order chi connectivity index (χ0) is 19.2. The van der Waals surface area contributed by atoms with Gasteiger partial charge >= 0.3 is 0 Å². The number of nitrogens with one attached hydrogen (secondary N) is 1. The molecule has 1 aliphatic heterocycles. The number of hydrogen-bond acceptors (Lipinski definition) is 5. The Balaban J connectivity index is 1.62. The number of nitrogens with zero attached hydrogens (tertiary/aromatic N) is 3. The van der Waals surface area contributed by atoms with Gasteiger partial charge in [0.1, 0.15) is 0 Å². The van der Waals surface area contributed by atoms with Gasteiger partial charge in [-0.2, -0.15) is 0 Å². The average molecular weight is 387 g/mol. The maximum Gasteiger partial charge on any atom is 0.261 e. The SMILES string of the molecule is CCNC(=O)c1ccc(C2CCCN2C(=O)CN(C)Cc2cccnc2)s1. The molecule has 0 aromatic carbocycles. The quantitative estimate of drug-likeness (QED) is 0.795. The Morgan fingerprint density at radius 2 is 2.22 bits per heavy atom. The minimum Gasteiger partial charge on any atom is -0.352 e. The van der Waals surface area contributed by atoms with Crippen LogP contribution in [0.2, 0.25) is 0 Å². The summed E-state index contributed by atoms with van der Waals surface area (Å²) in [4.78, 5) is 34.8. The second kappa shape index (κ2) is 9.10. The Bertz CT molecular complexity index is 777. The van der Waals surface area contributed by atoms with Gasteiger partial charge in [-0.15, -0.1) is 11.3 Å². The molecule has 1 unspecified atom stereocenters. The van der Waals surface area contributed by atoms with Crippen LogP contribution >= 0.6 is 11.3 Å². The normalized spacial score (nSPS) is 16.7. The smallest absolute Gasteiger partial charge is 0.261 e. The third kappa shape index (κ3) is 4.93. The molecule has 144 valence electrons. The molecule has 0 aliphatic carbocycles. The zero-order valence-corrected chi connectivity index (χ0v) is 16.7. The van der Waals surface area contributed by atoms with Gasteiger partial charge in [-0.1, -0.05) is 6.07 Å². The van der Waals surface area contributed by atoms with E-state index in [2.05, 4.69) is 10.3 Å². The van der Waals surface area contributed by atoms with Crippen LogP contribution in [0.15, 0.2) is 36.7 Å². The van der Waals surface area contributed by atoms with Gasteiger partial charge in [0.05, 0.1) is 17.5 Å². The van der Waals surface area contributed by atoms with Gasteiger partial charge in [0.15, 0.2) is 0 Å². The molecule has 3 heterocycles. The van der Waals surface area contributed by atoms with Gasteiger partial charge < -0.3 is 10.2 Å². The molecule has 1 N–H and O–H groups in total. The van der Waals surface area contributed by atoms with Gasteiger partial charge in [0.25, 0.3) is 5.91 Å². The highest BCUT2D eigenvalue weighted by Crippen LogP contribution is 2.36. The molecule has 27 heavy (non-hydrogen) atoms. The summed E-state index contributed by atoms with van der Waals surface area (Å²) in [6.45, 7) is 4.37. The summed E-state index contributed by atoms with van der Waals surface area (Å²) in [5, 5.41) is 2.83. The number of thiophene rings is 1. The Labute approximate surface area is 164 Å². The first-order chi connectivity index (χ1) is 13.1. The van der Waals surface area contributed by atoms with Crippen LogP contribution in [-0.4, -0.2) is 53.3 Å². The number of carbonyl (C=O) groups is 2. The molecule has 7 heteroatoms. The van der Waals surface area contributed by atoms with Crippen molar-refractivity contribution in [1.82, 2.24) is 20.1 Å². The summed E-state index contributed by atoms with van der Waals surface area (Å²) >= 11 is 1.49. The molecule has 0 spiro atoms. The fraction of sp³-hybridized carbons (Fsp3) is 0.450. The average Bonchev–Trinajstić information content (AvgIpc) is 3.32. The van der Waals surface area contributed by atoms with Gasteiger partial charge in [-0.3, -0.25) is 19.5 Å². The molecule has 1 atom stereocenters. The van der Waals surface area contributed by atoms with Gasteiger partial charge in [-0.25, -0.2) is 0 Å². The van der Waals surface area contributed by atoms with E-state index in [0.29, 0.717) is 24.5 Å². The standard InChI is InChI=1S/C20H26N4O2S/c1-3-22-20(26)18-9-8-17(27-18)16-7-5-11-24(16)19(25)14-23(2)13-15-6-4-10-21-12-15/h4,6,8-10,12,16H,3,5,7,11,13-14H2,1-2H3,(H,22,26). The Hall–Kier alpha value is -2.25. The largest absolute Gasteiger partial charge is 0.352 e. The van der Waals surface area contributed by atoms with Crippen molar-refractivity contribution in [3.63, 3.8) is 0 Å². The lowest BCUT2D eigenvalue weighted by Gasteiger charge is -2.26. The fourth-order valence-corrected chi connectivity index (χ4v) is 4.52. The third-order valence-corrected chi connectivity index (χ3v) is 5.86. The molecule has 1 fully saturated rings. The number of aromatic nitrogens is 1. The number of likely N-dealkylation sites (tertiary alicyclic amines) is 1. The van der Waals surface area contributed by atoms with Crippen LogP contribution in [0.5, 0.6) is 0 Å². The molecule has 2 amide bonds. The lowest BCUT2D eigenvalue weighted by Crippen LogP contribution is -2.38. The molecule has 0 saturated carbocycles. The predicted octanol–water partition coefficient (Wildman–Crippen LogP) is 2.69. The monoisotopic (exact) mass is 386 g/mol. The van der Waals surface area contributed by atoms with Gasteiger partial charge in [0, 0.05) is 36.9 Å². The number of carbonyl (C=O) groups excluding carboxylic acids is 2. The molecule has 1 saturated heterocycles. The van der Waals surface area contributed by atoms with E-state index in [-0.39, 0.29) is 17.9 Å². The molecule has 2 aromatic rings. The maximum atomic E-state index is 12.9. The van der Waals surface area contributed by atoms with Crippen LogP contribution in [0.1, 0.15) is 45.9 Å². The van der Waals surface area contributed by atoms with E-state index in [4.69, 9.17) is 0 Å². The molecule has 3 rings (SSSR count). The van der Waals surface area contributed by atoms with Crippen LogP contribution in [0.3, 0.4) is 0 Å². The topological polar surface area (TPSA) is 65.5 Å². The molecule has 1 aliphatic rings. The second-order valence-electron chi connectivity index (χ2n) is 6.84. The number of rotatable bonds is 7. The van der Waals surface area contributed by atoms with E-state index < -0.39 is 0 Å². The highest BCUT2D eigenvalue weighted by molar-refractivity contribution is 7.14. The van der Waals surface area contributed by atoms with Crippen molar-refractivity contribution in [2.45, 2.75) is 32.4 Å². The van der Waals surface area contributed by atoms with Crippen molar-refractivity contribution in [3.05, 3.63) is 52.0 Å². The first-order valence-electron chi connectivity index (χ1n) is 9.33. The summed E-state index contributed by atoms with van der Waals surface area (Å²) in [6.07, 6.45) is 5.53. The molecule has 0 bridgehead atoms. The summed E-state index contributed by atoms with van der Waals surface area (Å²) < 4.78 is 0. The third-order valence-electron chi connectivity index (χ3n) is 4.67. The minimum absolute atomic E-state index is 0.0409. The van der Waals surface area contributed by atoms with E-state index in [1.165, 1.54) is 11.3 Å². The number of likely N-dealkylation sites (N-methyl/N-ethyl adjacent to an activating group) is 1. The number of amides is 2. The zero-order valence-electron chi connectivity index (χ0n) is 15.9.